The molecule has 0 aromatic carbocycles. The maximum absolute atomic E-state index is 12.5. The number of rotatable bonds is 1. The van der Waals surface area contributed by atoms with Crippen LogP contribution in [0.1, 0.15) is 0 Å². The number of halogens is 2. The van der Waals surface area contributed by atoms with Crippen LogP contribution in [0.15, 0.2) is 16.7 Å². The molecule has 1 heterocycles. The fraction of sp³-hybridized carbons (Fsp3) is 0.400. The predicted molar refractivity (Wildman–Crippen MR) is 39.5 cm³/mol. The van der Waals surface area contributed by atoms with E-state index in [-0.39, 0.29) is 11.0 Å². The molecule has 1 aliphatic heterocycles. The molecule has 10 heavy (non-hydrogen) atoms. The summed E-state index contributed by atoms with van der Waals surface area (Å²) in [5.41, 5.74) is 0. The van der Waals surface area contributed by atoms with Gasteiger partial charge in [0.2, 0.25) is 11.7 Å². The quantitative estimate of drug-likeness (QED) is 0.518. The molecule has 0 amide bonds. The van der Waals surface area contributed by atoms with Crippen LogP contribution in [0.5, 0.6) is 0 Å². The number of aliphatic imine (C=N–C) groups is 1. The van der Waals surface area contributed by atoms with Crippen LogP contribution < -0.4 is 5.32 Å². The summed E-state index contributed by atoms with van der Waals surface area (Å²) in [5.74, 6) is -0.380. The van der Waals surface area contributed by atoms with Gasteiger partial charge in [0.15, 0.2) is 5.08 Å². The summed E-state index contributed by atoms with van der Waals surface area (Å²) in [6.45, 7) is 0. The van der Waals surface area contributed by atoms with Gasteiger partial charge in [0, 0.05) is 0 Å². The van der Waals surface area contributed by atoms with Gasteiger partial charge in [-0.25, -0.2) is 0 Å². The fourth-order valence-corrected chi connectivity index (χ4v) is 0.886. The van der Waals surface area contributed by atoms with Crippen LogP contribution in [-0.2, 0) is 4.74 Å². The first kappa shape index (κ1) is 7.53. The van der Waals surface area contributed by atoms with Crippen molar-refractivity contribution in [1.29, 1.82) is 0 Å². The molecule has 0 saturated heterocycles. The lowest BCUT2D eigenvalue weighted by atomic mass is 10.5. The lowest BCUT2D eigenvalue weighted by Crippen LogP contribution is -2.26. The van der Waals surface area contributed by atoms with E-state index in [4.69, 9.17) is 0 Å². The van der Waals surface area contributed by atoms with Crippen molar-refractivity contribution >= 4 is 22.1 Å². The molecule has 0 spiro atoms. The number of ether oxygens (including phenoxy) is 1. The zero-order valence-corrected chi connectivity index (χ0v) is 6.85. The first-order valence-electron chi connectivity index (χ1n) is 2.61. The molecule has 1 rings (SSSR count). The Morgan fingerprint density at radius 2 is 2.60 bits per heavy atom. The van der Waals surface area contributed by atoms with E-state index in [0.29, 0.717) is 0 Å². The predicted octanol–water partition coefficient (Wildman–Crippen LogP) is 1.12. The van der Waals surface area contributed by atoms with E-state index in [1.165, 1.54) is 7.11 Å². The molecule has 0 bridgehead atoms. The number of alkyl halides is 1. The van der Waals surface area contributed by atoms with Gasteiger partial charge in [-0.15, -0.1) is 0 Å². The van der Waals surface area contributed by atoms with Crippen molar-refractivity contribution in [3.05, 3.63) is 11.7 Å². The highest BCUT2D eigenvalue weighted by Crippen LogP contribution is 2.11. The number of methoxy groups -OCH3 is 1. The number of nitrogens with zero attached hydrogens (tertiary/aromatic N) is 1. The standard InChI is InChI=1S/C5H6BrFN2O/c1-10-4-3(7)2-8-5(6)9-4/h2,5,9H,1H3. The Labute approximate surface area is 66.1 Å². The van der Waals surface area contributed by atoms with Crippen LogP contribution >= 0.6 is 15.9 Å². The minimum atomic E-state index is -0.488. The first-order chi connectivity index (χ1) is 4.74. The topological polar surface area (TPSA) is 33.6 Å². The molecule has 1 atom stereocenters. The van der Waals surface area contributed by atoms with E-state index in [9.17, 15) is 4.39 Å². The molecule has 0 saturated carbocycles. The number of hydrogen-bond donors (Lipinski definition) is 1. The van der Waals surface area contributed by atoms with Gasteiger partial charge in [-0.3, -0.25) is 4.99 Å². The van der Waals surface area contributed by atoms with Gasteiger partial charge in [0.25, 0.3) is 0 Å². The molecule has 5 heteroatoms. The molecule has 1 unspecified atom stereocenters. The normalized spacial score (nSPS) is 24.5. The Morgan fingerprint density at radius 1 is 1.90 bits per heavy atom. The van der Waals surface area contributed by atoms with Crippen LogP contribution in [-0.4, -0.2) is 18.4 Å². The lowest BCUT2D eigenvalue weighted by Gasteiger charge is -2.15. The fourth-order valence-electron chi connectivity index (χ4n) is 0.560. The summed E-state index contributed by atoms with van der Waals surface area (Å²) in [6.07, 6.45) is 1.11. The maximum atomic E-state index is 12.5. The molecule has 0 aromatic rings. The number of nitrogens with one attached hydrogen (secondary N) is 1. The Morgan fingerprint density at radius 3 is 3.10 bits per heavy atom. The molecule has 56 valence electrons. The summed E-state index contributed by atoms with van der Waals surface area (Å²) in [7, 11) is 1.39. The van der Waals surface area contributed by atoms with Gasteiger partial charge in [-0.1, -0.05) is 0 Å². The van der Waals surface area contributed by atoms with Crippen LogP contribution in [0.4, 0.5) is 4.39 Å². The van der Waals surface area contributed by atoms with E-state index >= 15 is 0 Å². The van der Waals surface area contributed by atoms with Gasteiger partial charge < -0.3 is 10.1 Å². The van der Waals surface area contributed by atoms with Gasteiger partial charge in [0.05, 0.1) is 13.3 Å². The van der Waals surface area contributed by atoms with Gasteiger partial charge in [0.1, 0.15) is 0 Å². The largest absolute Gasteiger partial charge is 0.480 e. The van der Waals surface area contributed by atoms with Crippen molar-refractivity contribution < 1.29 is 9.13 Å². The average molecular weight is 209 g/mol. The Kier molecular flexibility index (Phi) is 2.26. The van der Waals surface area contributed by atoms with E-state index in [1.54, 1.807) is 0 Å². The Bertz CT molecular complexity index is 192. The maximum Gasteiger partial charge on any atom is 0.227 e. The minimum Gasteiger partial charge on any atom is -0.480 e. The Hall–Kier alpha value is -0.580. The molecule has 0 radical (unpaired) electrons. The third kappa shape index (κ3) is 1.47. The van der Waals surface area contributed by atoms with Gasteiger partial charge in [-0.2, -0.15) is 4.39 Å². The molecule has 1 aliphatic rings. The van der Waals surface area contributed by atoms with Crippen LogP contribution in [0.25, 0.3) is 0 Å². The van der Waals surface area contributed by atoms with E-state index in [1.807, 2.05) is 0 Å². The van der Waals surface area contributed by atoms with Crippen LogP contribution in [0.3, 0.4) is 0 Å². The summed E-state index contributed by atoms with van der Waals surface area (Å²) < 4.78 is 17.2. The highest BCUT2D eigenvalue weighted by molar-refractivity contribution is 9.09. The second-order valence-electron chi connectivity index (χ2n) is 1.64. The summed E-state index contributed by atoms with van der Waals surface area (Å²) in [5, 5.41) is 2.33. The highest BCUT2D eigenvalue weighted by Gasteiger charge is 2.13. The third-order valence-electron chi connectivity index (χ3n) is 0.990. The molecule has 0 aliphatic carbocycles. The number of hydrogen-bond acceptors (Lipinski definition) is 3. The smallest absolute Gasteiger partial charge is 0.227 e. The zero-order valence-electron chi connectivity index (χ0n) is 5.27. The number of allylic oxidation sites excluding steroid dienone is 1. The summed E-state index contributed by atoms with van der Waals surface area (Å²) >= 11 is 3.11. The molecule has 1 N–H and O–H groups in total. The van der Waals surface area contributed by atoms with Gasteiger partial charge >= 0.3 is 0 Å². The van der Waals surface area contributed by atoms with Crippen molar-refractivity contribution in [3.63, 3.8) is 0 Å². The van der Waals surface area contributed by atoms with Crippen molar-refractivity contribution in [1.82, 2.24) is 5.32 Å². The monoisotopic (exact) mass is 208 g/mol. The summed E-state index contributed by atoms with van der Waals surface area (Å²) in [6, 6.07) is 0. The third-order valence-corrected chi connectivity index (χ3v) is 1.46. The van der Waals surface area contributed by atoms with Crippen LogP contribution in [0.2, 0.25) is 0 Å². The second kappa shape index (κ2) is 3.01. The van der Waals surface area contributed by atoms with Gasteiger partial charge in [-0.05, 0) is 15.9 Å². The second-order valence-corrected chi connectivity index (χ2v) is 2.51. The van der Waals surface area contributed by atoms with Crippen LogP contribution in [0, 0.1) is 0 Å². The molecule has 3 nitrogen and oxygen atoms in total. The summed E-state index contributed by atoms with van der Waals surface area (Å²) in [4.78, 5) is 3.68. The SMILES string of the molecule is COC1=C(F)C=NC(Br)N1. The zero-order chi connectivity index (χ0) is 7.56. The molecular weight excluding hydrogens is 203 g/mol. The van der Waals surface area contributed by atoms with Crippen molar-refractivity contribution in [2.75, 3.05) is 7.11 Å². The highest BCUT2D eigenvalue weighted by atomic mass is 79.9. The average Bonchev–Trinajstić information content (AvgIpc) is 1.94. The van der Waals surface area contributed by atoms with Crippen molar-refractivity contribution in [3.8, 4) is 0 Å². The van der Waals surface area contributed by atoms with Crippen molar-refractivity contribution in [2.45, 2.75) is 5.08 Å². The van der Waals surface area contributed by atoms with E-state index in [2.05, 4.69) is 31.0 Å². The van der Waals surface area contributed by atoms with E-state index < -0.39 is 5.83 Å². The molecule has 0 fully saturated rings. The van der Waals surface area contributed by atoms with E-state index in [0.717, 1.165) is 6.21 Å². The molecular formula is C5H6BrFN2O. The minimum absolute atomic E-state index is 0.108. The van der Waals surface area contributed by atoms with Crippen molar-refractivity contribution in [2.24, 2.45) is 4.99 Å². The first-order valence-corrected chi connectivity index (χ1v) is 3.53. The lowest BCUT2D eigenvalue weighted by molar-refractivity contribution is 0.246. The Balaban J connectivity index is 2.74. The molecule has 0 aromatic heterocycles.